The Hall–Kier alpha value is -1.84. The smallest absolute Gasteiger partial charge is 0.222 e. The van der Waals surface area contributed by atoms with Gasteiger partial charge in [0.25, 0.3) is 0 Å². The van der Waals surface area contributed by atoms with Crippen molar-refractivity contribution in [2.45, 2.75) is 18.9 Å². The van der Waals surface area contributed by atoms with Crippen LogP contribution in [0, 0.1) is 5.92 Å². The topological polar surface area (TPSA) is 63.4 Å². The summed E-state index contributed by atoms with van der Waals surface area (Å²) in [5, 5.41) is 0. The van der Waals surface area contributed by atoms with Crippen molar-refractivity contribution in [3.05, 3.63) is 35.9 Å². The monoisotopic (exact) mass is 232 g/mol. The lowest BCUT2D eigenvalue weighted by Gasteiger charge is -2.37. The molecular formula is C13H16N2O2. The predicted octanol–water partition coefficient (Wildman–Crippen LogP) is 1.08. The molecule has 2 atom stereocenters. The zero-order valence-corrected chi connectivity index (χ0v) is 9.80. The average molecular weight is 232 g/mol. The molecule has 0 aliphatic carbocycles. The minimum absolute atomic E-state index is 0.0661. The number of hydrogen-bond acceptors (Lipinski definition) is 2. The third-order valence-corrected chi connectivity index (χ3v) is 3.37. The molecule has 0 radical (unpaired) electrons. The van der Waals surface area contributed by atoms with Gasteiger partial charge >= 0.3 is 0 Å². The Morgan fingerprint density at radius 1 is 1.35 bits per heavy atom. The van der Waals surface area contributed by atoms with E-state index in [1.54, 1.807) is 11.9 Å². The van der Waals surface area contributed by atoms with Crippen LogP contribution in [0.25, 0.3) is 0 Å². The van der Waals surface area contributed by atoms with Crippen molar-refractivity contribution in [2.24, 2.45) is 11.7 Å². The number of carbonyl (C=O) groups excluding carboxylic acids is 2. The van der Waals surface area contributed by atoms with Crippen molar-refractivity contribution in [1.29, 1.82) is 0 Å². The van der Waals surface area contributed by atoms with Gasteiger partial charge in [-0.25, -0.2) is 0 Å². The molecular weight excluding hydrogens is 216 g/mol. The van der Waals surface area contributed by atoms with Crippen LogP contribution in [-0.4, -0.2) is 23.8 Å². The fourth-order valence-electron chi connectivity index (χ4n) is 2.44. The number of nitrogens with two attached hydrogens (primary N) is 1. The number of benzene rings is 1. The number of primary amides is 1. The van der Waals surface area contributed by atoms with E-state index in [0.717, 1.165) is 5.56 Å². The van der Waals surface area contributed by atoms with Crippen LogP contribution in [0.2, 0.25) is 0 Å². The van der Waals surface area contributed by atoms with Gasteiger partial charge in [0.15, 0.2) is 0 Å². The second kappa shape index (κ2) is 4.57. The molecule has 0 spiro atoms. The largest absolute Gasteiger partial charge is 0.369 e. The minimum Gasteiger partial charge on any atom is -0.369 e. The highest BCUT2D eigenvalue weighted by Crippen LogP contribution is 2.35. The molecule has 1 aliphatic rings. The van der Waals surface area contributed by atoms with Crippen LogP contribution in [0.15, 0.2) is 30.3 Å². The van der Waals surface area contributed by atoms with Crippen LogP contribution in [0.5, 0.6) is 0 Å². The molecule has 1 heterocycles. The Labute approximate surface area is 100 Å². The summed E-state index contributed by atoms with van der Waals surface area (Å²) in [6.45, 7) is 0. The number of carbonyl (C=O) groups is 2. The summed E-state index contributed by atoms with van der Waals surface area (Å²) in [6, 6.07) is 9.34. The Bertz CT molecular complexity index is 430. The molecule has 17 heavy (non-hydrogen) atoms. The van der Waals surface area contributed by atoms with Crippen molar-refractivity contribution in [1.82, 2.24) is 4.90 Å². The number of piperidine rings is 1. The number of likely N-dealkylation sites (tertiary alicyclic amines) is 1. The molecule has 0 aromatic heterocycles. The summed E-state index contributed by atoms with van der Waals surface area (Å²) in [5.41, 5.74) is 6.39. The lowest BCUT2D eigenvalue weighted by atomic mass is 9.84. The quantitative estimate of drug-likeness (QED) is 0.829. The molecule has 0 saturated carbocycles. The molecule has 4 nitrogen and oxygen atoms in total. The van der Waals surface area contributed by atoms with Crippen LogP contribution in [0.3, 0.4) is 0 Å². The van der Waals surface area contributed by atoms with Crippen LogP contribution in [0.1, 0.15) is 24.4 Å². The molecule has 1 saturated heterocycles. The second-order valence-electron chi connectivity index (χ2n) is 4.41. The maximum atomic E-state index is 11.7. The summed E-state index contributed by atoms with van der Waals surface area (Å²) in [6.07, 6.45) is 0.936. The molecule has 4 heteroatoms. The lowest BCUT2D eigenvalue weighted by molar-refractivity contribution is -0.140. The molecule has 1 aromatic carbocycles. The van der Waals surface area contributed by atoms with Crippen molar-refractivity contribution < 1.29 is 9.59 Å². The molecule has 1 fully saturated rings. The van der Waals surface area contributed by atoms with E-state index in [1.807, 2.05) is 30.3 Å². The Morgan fingerprint density at radius 3 is 2.59 bits per heavy atom. The van der Waals surface area contributed by atoms with E-state index in [0.29, 0.717) is 12.8 Å². The highest BCUT2D eigenvalue weighted by molar-refractivity contribution is 5.83. The number of amides is 2. The summed E-state index contributed by atoms with van der Waals surface area (Å²) in [5.74, 6) is -0.561. The van der Waals surface area contributed by atoms with Gasteiger partial charge in [-0.3, -0.25) is 9.59 Å². The Kier molecular flexibility index (Phi) is 3.13. The molecule has 2 N–H and O–H groups in total. The van der Waals surface area contributed by atoms with E-state index in [9.17, 15) is 9.59 Å². The van der Waals surface area contributed by atoms with Gasteiger partial charge in [0, 0.05) is 13.5 Å². The molecule has 1 aromatic rings. The summed E-state index contributed by atoms with van der Waals surface area (Å²) >= 11 is 0. The van der Waals surface area contributed by atoms with Gasteiger partial charge in [-0.1, -0.05) is 30.3 Å². The zero-order chi connectivity index (χ0) is 12.4. The first-order valence-corrected chi connectivity index (χ1v) is 5.71. The normalized spacial score (nSPS) is 24.8. The lowest BCUT2D eigenvalue weighted by Crippen LogP contribution is -2.44. The van der Waals surface area contributed by atoms with E-state index in [4.69, 9.17) is 5.73 Å². The maximum Gasteiger partial charge on any atom is 0.222 e. The van der Waals surface area contributed by atoms with Gasteiger partial charge in [-0.15, -0.1) is 0 Å². The molecule has 1 aliphatic heterocycles. The maximum absolute atomic E-state index is 11.7. The van der Waals surface area contributed by atoms with Crippen LogP contribution >= 0.6 is 0 Å². The van der Waals surface area contributed by atoms with E-state index >= 15 is 0 Å². The summed E-state index contributed by atoms with van der Waals surface area (Å²) < 4.78 is 0. The summed E-state index contributed by atoms with van der Waals surface area (Å²) in [4.78, 5) is 24.8. The van der Waals surface area contributed by atoms with Crippen molar-refractivity contribution in [3.8, 4) is 0 Å². The van der Waals surface area contributed by atoms with Crippen molar-refractivity contribution in [2.75, 3.05) is 7.05 Å². The number of rotatable bonds is 2. The molecule has 2 rings (SSSR count). The van der Waals surface area contributed by atoms with E-state index in [1.165, 1.54) is 0 Å². The van der Waals surface area contributed by atoms with Crippen LogP contribution in [-0.2, 0) is 9.59 Å². The second-order valence-corrected chi connectivity index (χ2v) is 4.41. The highest BCUT2D eigenvalue weighted by atomic mass is 16.2. The van der Waals surface area contributed by atoms with Gasteiger partial charge in [0.2, 0.25) is 11.8 Å². The van der Waals surface area contributed by atoms with Crippen LogP contribution < -0.4 is 5.73 Å². The highest BCUT2D eigenvalue weighted by Gasteiger charge is 2.37. The molecule has 90 valence electrons. The first-order chi connectivity index (χ1) is 8.11. The fraction of sp³-hybridized carbons (Fsp3) is 0.385. The van der Waals surface area contributed by atoms with E-state index in [-0.39, 0.29) is 23.8 Å². The fourth-order valence-corrected chi connectivity index (χ4v) is 2.44. The number of hydrogen-bond donors (Lipinski definition) is 1. The predicted molar refractivity (Wildman–Crippen MR) is 63.9 cm³/mol. The summed E-state index contributed by atoms with van der Waals surface area (Å²) in [7, 11) is 1.73. The van der Waals surface area contributed by atoms with E-state index in [2.05, 4.69) is 0 Å². The SMILES string of the molecule is CN1C(=O)CC[C@@H](C(N)=O)[C@@H]1c1ccccc1. The zero-order valence-electron chi connectivity index (χ0n) is 9.80. The molecule has 0 bridgehead atoms. The third kappa shape index (κ3) is 2.16. The molecule has 2 amide bonds. The van der Waals surface area contributed by atoms with Gasteiger partial charge in [0.05, 0.1) is 12.0 Å². The Balaban J connectivity index is 2.37. The third-order valence-electron chi connectivity index (χ3n) is 3.37. The standard InChI is InChI=1S/C13H16N2O2/c1-15-11(16)8-7-10(13(14)17)12(15)9-5-3-2-4-6-9/h2-6,10,12H,7-8H2,1H3,(H2,14,17)/t10-,12+/m1/s1. The minimum atomic E-state index is -0.335. The molecule has 0 unspecified atom stereocenters. The van der Waals surface area contributed by atoms with Crippen molar-refractivity contribution >= 4 is 11.8 Å². The van der Waals surface area contributed by atoms with Crippen LogP contribution in [0.4, 0.5) is 0 Å². The van der Waals surface area contributed by atoms with Gasteiger partial charge < -0.3 is 10.6 Å². The van der Waals surface area contributed by atoms with Crippen molar-refractivity contribution in [3.63, 3.8) is 0 Å². The van der Waals surface area contributed by atoms with Gasteiger partial charge in [-0.2, -0.15) is 0 Å². The average Bonchev–Trinajstić information content (AvgIpc) is 2.33. The first kappa shape index (κ1) is 11.6. The van der Waals surface area contributed by atoms with Gasteiger partial charge in [-0.05, 0) is 12.0 Å². The first-order valence-electron chi connectivity index (χ1n) is 5.71. The Morgan fingerprint density at radius 2 is 2.00 bits per heavy atom. The van der Waals surface area contributed by atoms with Gasteiger partial charge in [0.1, 0.15) is 0 Å². The van der Waals surface area contributed by atoms with E-state index < -0.39 is 0 Å². The number of nitrogens with zero attached hydrogens (tertiary/aromatic N) is 1.